The zero-order chi connectivity index (χ0) is 12.4. The summed E-state index contributed by atoms with van der Waals surface area (Å²) in [4.78, 5) is 14.6. The smallest absolute Gasteiger partial charge is 0.337 e. The molecule has 0 saturated heterocycles. The van der Waals surface area contributed by atoms with Crippen LogP contribution in [0.5, 0.6) is 0 Å². The van der Waals surface area contributed by atoms with Crippen molar-refractivity contribution in [1.29, 1.82) is 0 Å². The van der Waals surface area contributed by atoms with Crippen LogP contribution in [0, 0.1) is 12.7 Å². The van der Waals surface area contributed by atoms with Crippen molar-refractivity contribution in [3.8, 4) is 11.3 Å². The Morgan fingerprint density at radius 2 is 2.06 bits per heavy atom. The third-order valence-electron chi connectivity index (χ3n) is 2.49. The molecule has 0 aliphatic rings. The molecule has 0 aliphatic heterocycles. The first kappa shape index (κ1) is 11.3. The highest BCUT2D eigenvalue weighted by Gasteiger charge is 2.10. The van der Waals surface area contributed by atoms with E-state index >= 15 is 0 Å². The van der Waals surface area contributed by atoms with Crippen LogP contribution in [0.15, 0.2) is 36.5 Å². The van der Waals surface area contributed by atoms with Gasteiger partial charge in [-0.25, -0.2) is 9.18 Å². The number of pyridine rings is 1. The molecule has 0 atom stereocenters. The summed E-state index contributed by atoms with van der Waals surface area (Å²) in [5.41, 5.74) is 1.69. The van der Waals surface area contributed by atoms with Gasteiger partial charge in [0.05, 0.1) is 11.3 Å². The predicted molar refractivity (Wildman–Crippen MR) is 61.3 cm³/mol. The average molecular weight is 231 g/mol. The van der Waals surface area contributed by atoms with Crippen LogP contribution in [0.2, 0.25) is 0 Å². The van der Waals surface area contributed by atoms with Gasteiger partial charge in [-0.15, -0.1) is 0 Å². The van der Waals surface area contributed by atoms with Crippen LogP contribution in [0.4, 0.5) is 4.39 Å². The predicted octanol–water partition coefficient (Wildman–Crippen LogP) is 2.89. The normalized spacial score (nSPS) is 10.2. The van der Waals surface area contributed by atoms with Gasteiger partial charge in [-0.3, -0.25) is 4.98 Å². The molecule has 1 heterocycles. The number of aryl methyl sites for hydroxylation is 1. The zero-order valence-electron chi connectivity index (χ0n) is 9.14. The highest BCUT2D eigenvalue weighted by atomic mass is 19.1. The highest BCUT2D eigenvalue weighted by molar-refractivity contribution is 5.87. The molecule has 0 fully saturated rings. The molecule has 0 aliphatic carbocycles. The summed E-state index contributed by atoms with van der Waals surface area (Å²) in [7, 11) is 0. The van der Waals surface area contributed by atoms with Gasteiger partial charge in [0.2, 0.25) is 0 Å². The Labute approximate surface area is 97.6 Å². The van der Waals surface area contributed by atoms with Gasteiger partial charge in [0.15, 0.2) is 0 Å². The highest BCUT2D eigenvalue weighted by Crippen LogP contribution is 2.24. The summed E-state index contributed by atoms with van der Waals surface area (Å²) >= 11 is 0. The molecule has 0 unspecified atom stereocenters. The molecule has 0 bridgehead atoms. The summed E-state index contributed by atoms with van der Waals surface area (Å²) < 4.78 is 13.6. The topological polar surface area (TPSA) is 50.2 Å². The summed E-state index contributed by atoms with van der Waals surface area (Å²) in [6.45, 7) is 1.78. The second-order valence-electron chi connectivity index (χ2n) is 3.67. The fraction of sp³-hybridized carbons (Fsp3) is 0.0769. The Balaban J connectivity index is 2.50. The molecule has 2 rings (SSSR count). The van der Waals surface area contributed by atoms with Crippen molar-refractivity contribution >= 4 is 5.97 Å². The van der Waals surface area contributed by atoms with Crippen molar-refractivity contribution in [2.75, 3.05) is 0 Å². The van der Waals surface area contributed by atoms with Crippen molar-refractivity contribution in [1.82, 2.24) is 4.98 Å². The number of halogens is 1. The minimum absolute atomic E-state index is 0.0859. The van der Waals surface area contributed by atoms with Gasteiger partial charge in [0.1, 0.15) is 5.82 Å². The van der Waals surface area contributed by atoms with Crippen molar-refractivity contribution in [2.45, 2.75) is 6.92 Å². The number of aromatic carboxylic acids is 1. The zero-order valence-corrected chi connectivity index (χ0v) is 9.14. The van der Waals surface area contributed by atoms with Crippen LogP contribution >= 0.6 is 0 Å². The lowest BCUT2D eigenvalue weighted by atomic mass is 10.0. The fourth-order valence-electron chi connectivity index (χ4n) is 1.62. The molecule has 1 N–H and O–H groups in total. The first-order valence-electron chi connectivity index (χ1n) is 5.04. The van der Waals surface area contributed by atoms with E-state index in [1.165, 1.54) is 24.4 Å². The monoisotopic (exact) mass is 231 g/mol. The summed E-state index contributed by atoms with van der Waals surface area (Å²) in [6.07, 6.45) is 1.23. The van der Waals surface area contributed by atoms with E-state index in [0.717, 1.165) is 5.56 Å². The molecule has 3 nitrogen and oxygen atoms in total. The van der Waals surface area contributed by atoms with Gasteiger partial charge in [0.25, 0.3) is 0 Å². The van der Waals surface area contributed by atoms with Gasteiger partial charge in [-0.2, -0.15) is 0 Å². The third-order valence-corrected chi connectivity index (χ3v) is 2.49. The van der Waals surface area contributed by atoms with Gasteiger partial charge in [-0.1, -0.05) is 12.1 Å². The number of hydrogen-bond acceptors (Lipinski definition) is 2. The molecule has 0 spiro atoms. The number of rotatable bonds is 2. The van der Waals surface area contributed by atoms with Crippen molar-refractivity contribution in [2.24, 2.45) is 0 Å². The maximum absolute atomic E-state index is 13.6. The molecule has 86 valence electrons. The fourth-order valence-corrected chi connectivity index (χ4v) is 1.62. The Hall–Kier alpha value is -2.23. The van der Waals surface area contributed by atoms with Crippen LogP contribution in [-0.2, 0) is 0 Å². The Kier molecular flexibility index (Phi) is 2.87. The van der Waals surface area contributed by atoms with Gasteiger partial charge in [0, 0.05) is 11.8 Å². The minimum Gasteiger partial charge on any atom is -0.478 e. The summed E-state index contributed by atoms with van der Waals surface area (Å²) in [5.74, 6) is -1.41. The van der Waals surface area contributed by atoms with Crippen LogP contribution in [0.25, 0.3) is 11.3 Å². The molecular formula is C13H10FNO2. The minimum atomic E-state index is -1.05. The first-order valence-corrected chi connectivity index (χ1v) is 5.04. The second-order valence-corrected chi connectivity index (χ2v) is 3.67. The average Bonchev–Trinajstić information content (AvgIpc) is 2.29. The van der Waals surface area contributed by atoms with E-state index < -0.39 is 5.97 Å². The van der Waals surface area contributed by atoms with Crippen LogP contribution in [0.3, 0.4) is 0 Å². The van der Waals surface area contributed by atoms with Gasteiger partial charge < -0.3 is 5.11 Å². The van der Waals surface area contributed by atoms with Crippen molar-refractivity contribution in [3.63, 3.8) is 0 Å². The molecular weight excluding hydrogens is 221 g/mol. The van der Waals surface area contributed by atoms with Crippen LogP contribution in [-0.4, -0.2) is 16.1 Å². The maximum atomic E-state index is 13.6. The molecule has 0 radical (unpaired) electrons. The third kappa shape index (κ3) is 2.15. The molecule has 2 aromatic rings. The van der Waals surface area contributed by atoms with E-state index in [4.69, 9.17) is 5.11 Å². The van der Waals surface area contributed by atoms with Crippen molar-refractivity contribution in [3.05, 3.63) is 53.5 Å². The van der Waals surface area contributed by atoms with Crippen LogP contribution in [0.1, 0.15) is 15.9 Å². The molecule has 1 aromatic heterocycles. The van der Waals surface area contributed by atoms with E-state index in [2.05, 4.69) is 4.98 Å². The maximum Gasteiger partial charge on any atom is 0.337 e. The Bertz CT molecular complexity index is 544. The van der Waals surface area contributed by atoms with Gasteiger partial charge >= 0.3 is 5.97 Å². The number of carboxylic acids is 1. The lowest BCUT2D eigenvalue weighted by molar-refractivity contribution is 0.0696. The summed E-state index contributed by atoms with van der Waals surface area (Å²) in [6, 6.07) is 7.69. The SMILES string of the molecule is Cc1cccc(F)c1-c1ccc(C(=O)O)cn1. The van der Waals surface area contributed by atoms with E-state index in [1.807, 2.05) is 0 Å². The molecule has 0 saturated carbocycles. The Morgan fingerprint density at radius 3 is 2.59 bits per heavy atom. The van der Waals surface area contributed by atoms with E-state index in [0.29, 0.717) is 11.3 Å². The second kappa shape index (κ2) is 4.33. The van der Waals surface area contributed by atoms with Crippen molar-refractivity contribution < 1.29 is 14.3 Å². The summed E-state index contributed by atoms with van der Waals surface area (Å²) in [5, 5.41) is 8.74. The molecule has 1 aromatic carbocycles. The largest absolute Gasteiger partial charge is 0.478 e. The number of hydrogen-bond donors (Lipinski definition) is 1. The molecule has 4 heteroatoms. The lowest BCUT2D eigenvalue weighted by Crippen LogP contribution is -1.98. The number of nitrogens with zero attached hydrogens (tertiary/aromatic N) is 1. The number of carbonyl (C=O) groups is 1. The van der Waals surface area contributed by atoms with Gasteiger partial charge in [-0.05, 0) is 30.7 Å². The molecule has 17 heavy (non-hydrogen) atoms. The quantitative estimate of drug-likeness (QED) is 0.864. The number of benzene rings is 1. The van der Waals surface area contributed by atoms with E-state index in [-0.39, 0.29) is 11.4 Å². The lowest BCUT2D eigenvalue weighted by Gasteiger charge is -2.06. The Morgan fingerprint density at radius 1 is 1.29 bits per heavy atom. The standard InChI is InChI=1S/C13H10FNO2/c1-8-3-2-4-10(14)12(8)11-6-5-9(7-15-11)13(16)17/h2-7H,1H3,(H,16,17). The van der Waals surface area contributed by atoms with E-state index in [9.17, 15) is 9.18 Å². The number of carboxylic acid groups (broad SMARTS) is 1. The number of aromatic nitrogens is 1. The van der Waals surface area contributed by atoms with Crippen LogP contribution < -0.4 is 0 Å². The molecule has 0 amide bonds. The first-order chi connectivity index (χ1) is 8.09. The van der Waals surface area contributed by atoms with E-state index in [1.54, 1.807) is 19.1 Å².